The zero-order valence-corrected chi connectivity index (χ0v) is 24.1. The number of benzene rings is 2. The second-order valence-corrected chi connectivity index (χ2v) is 11.8. The van der Waals surface area contributed by atoms with E-state index in [4.69, 9.17) is 0 Å². The van der Waals surface area contributed by atoms with Gasteiger partial charge in [0.2, 0.25) is 22.1 Å². The molecule has 4 N–H and O–H groups in total. The van der Waals surface area contributed by atoms with E-state index in [1.54, 1.807) is 0 Å². The molecule has 4 aromatic rings. The summed E-state index contributed by atoms with van der Waals surface area (Å²) in [5.74, 6) is 0.262. The Labute approximate surface area is 241 Å². The summed E-state index contributed by atoms with van der Waals surface area (Å²) < 4.78 is 0. The van der Waals surface area contributed by atoms with Crippen LogP contribution in [-0.2, 0) is 22.4 Å². The molecule has 2 aromatic heterocycles. The number of amides is 2. The van der Waals surface area contributed by atoms with Gasteiger partial charge in [0, 0.05) is 37.3 Å². The van der Waals surface area contributed by atoms with Crippen LogP contribution in [0, 0.1) is 0 Å². The van der Waals surface area contributed by atoms with Gasteiger partial charge in [-0.3, -0.25) is 9.59 Å². The van der Waals surface area contributed by atoms with Gasteiger partial charge in [-0.05, 0) is 54.7 Å². The first-order valence-corrected chi connectivity index (χ1v) is 14.9. The van der Waals surface area contributed by atoms with Gasteiger partial charge in [-0.2, -0.15) is 0 Å². The molecule has 0 aliphatic heterocycles. The minimum atomic E-state index is -0.115. The van der Waals surface area contributed by atoms with E-state index >= 15 is 0 Å². The third kappa shape index (κ3) is 7.19. The van der Waals surface area contributed by atoms with Crippen molar-refractivity contribution in [3.63, 3.8) is 0 Å². The maximum atomic E-state index is 12.6. The van der Waals surface area contributed by atoms with E-state index in [1.165, 1.54) is 22.7 Å². The lowest BCUT2D eigenvalue weighted by Crippen LogP contribution is -2.14. The molecule has 1 aliphatic rings. The maximum Gasteiger partial charge on any atom is 0.230 e. The quantitative estimate of drug-likeness (QED) is 0.200. The van der Waals surface area contributed by atoms with Gasteiger partial charge in [-0.1, -0.05) is 53.4 Å². The zero-order valence-electron chi connectivity index (χ0n) is 22.4. The van der Waals surface area contributed by atoms with Gasteiger partial charge in [0.15, 0.2) is 0 Å². The Morgan fingerprint density at radius 1 is 0.750 bits per heavy atom. The van der Waals surface area contributed by atoms with Crippen LogP contribution in [0.1, 0.15) is 58.7 Å². The Kier molecular flexibility index (Phi) is 8.97. The molecule has 5 rings (SSSR count). The summed E-state index contributed by atoms with van der Waals surface area (Å²) in [7, 11) is 3.71. The Bertz CT molecular complexity index is 1360. The molecule has 2 amide bonds. The van der Waals surface area contributed by atoms with Crippen LogP contribution in [0.3, 0.4) is 0 Å². The van der Waals surface area contributed by atoms with Crippen molar-refractivity contribution >= 4 is 56.1 Å². The Morgan fingerprint density at radius 2 is 1.23 bits per heavy atom. The van der Waals surface area contributed by atoms with Crippen LogP contribution in [0.5, 0.6) is 0 Å². The topological polar surface area (TPSA) is 134 Å². The molecule has 1 aliphatic carbocycles. The largest absolute Gasteiger partial charge is 0.388 e. The van der Waals surface area contributed by atoms with E-state index in [1.807, 2.05) is 62.6 Å². The predicted octanol–water partition coefficient (Wildman–Crippen LogP) is 5.28. The number of nitrogens with one attached hydrogen (secondary N) is 4. The van der Waals surface area contributed by atoms with Crippen LogP contribution < -0.4 is 21.3 Å². The highest BCUT2D eigenvalue weighted by Gasteiger charge is 2.29. The van der Waals surface area contributed by atoms with Gasteiger partial charge in [-0.15, -0.1) is 20.4 Å². The molecule has 2 aromatic carbocycles. The summed E-state index contributed by atoms with van der Waals surface area (Å²) in [4.78, 5) is 25.1. The molecule has 12 heteroatoms. The molecule has 0 bridgehead atoms. The third-order valence-electron chi connectivity index (χ3n) is 6.91. The molecule has 1 fully saturated rings. The Morgan fingerprint density at radius 3 is 1.68 bits per heavy atom. The molecule has 2 heterocycles. The number of hydrogen-bond acceptors (Lipinski definition) is 10. The highest BCUT2D eigenvalue weighted by molar-refractivity contribution is 7.15. The van der Waals surface area contributed by atoms with Gasteiger partial charge in [0.1, 0.15) is 10.0 Å². The van der Waals surface area contributed by atoms with Gasteiger partial charge in [-0.25, -0.2) is 0 Å². The number of carbonyl (C=O) groups excluding carboxylic acids is 2. The molecule has 0 saturated heterocycles. The molecular formula is C28H32N8O2S2. The van der Waals surface area contributed by atoms with Gasteiger partial charge in [0.25, 0.3) is 0 Å². The highest BCUT2D eigenvalue weighted by atomic mass is 32.1. The first-order chi connectivity index (χ1) is 19.5. The van der Waals surface area contributed by atoms with E-state index in [9.17, 15) is 9.59 Å². The molecule has 208 valence electrons. The minimum absolute atomic E-state index is 0.115. The lowest BCUT2D eigenvalue weighted by molar-refractivity contribution is -0.116. The minimum Gasteiger partial charge on any atom is -0.388 e. The van der Waals surface area contributed by atoms with Crippen LogP contribution in [0.2, 0.25) is 0 Å². The SMILES string of the molecule is CNc1cccc(CC(=O)Nc2nnc([C@H]3CCC[C@H](c4nnc(NC(=O)Cc5cccc(NC)c5)s4)C3)s2)c1. The van der Waals surface area contributed by atoms with Crippen molar-refractivity contribution in [3.8, 4) is 0 Å². The van der Waals surface area contributed by atoms with E-state index in [-0.39, 0.29) is 36.5 Å². The summed E-state index contributed by atoms with van der Waals surface area (Å²) >= 11 is 2.88. The average molecular weight is 577 g/mol. The molecule has 0 radical (unpaired) electrons. The van der Waals surface area contributed by atoms with Crippen molar-refractivity contribution in [2.45, 2.75) is 50.4 Å². The molecule has 0 spiro atoms. The first-order valence-electron chi connectivity index (χ1n) is 13.3. The number of aromatic nitrogens is 4. The zero-order chi connectivity index (χ0) is 27.9. The number of hydrogen-bond donors (Lipinski definition) is 4. The van der Waals surface area contributed by atoms with E-state index in [0.29, 0.717) is 10.3 Å². The fourth-order valence-corrected chi connectivity index (χ4v) is 6.72. The lowest BCUT2D eigenvalue weighted by atomic mass is 9.82. The number of rotatable bonds is 10. The Hall–Kier alpha value is -3.90. The smallest absolute Gasteiger partial charge is 0.230 e. The highest BCUT2D eigenvalue weighted by Crippen LogP contribution is 2.43. The Balaban J connectivity index is 1.14. The van der Waals surface area contributed by atoms with Crippen LogP contribution in [0.25, 0.3) is 0 Å². The average Bonchev–Trinajstić information content (AvgIpc) is 3.63. The molecule has 10 nitrogen and oxygen atoms in total. The number of carbonyl (C=O) groups is 2. The van der Waals surface area contributed by atoms with Crippen molar-refractivity contribution in [2.75, 3.05) is 35.4 Å². The van der Waals surface area contributed by atoms with Crippen LogP contribution in [0.15, 0.2) is 48.5 Å². The molecule has 1 saturated carbocycles. The van der Waals surface area contributed by atoms with E-state index in [2.05, 4.69) is 41.7 Å². The van der Waals surface area contributed by atoms with Crippen molar-refractivity contribution in [1.82, 2.24) is 20.4 Å². The van der Waals surface area contributed by atoms with Crippen molar-refractivity contribution in [3.05, 3.63) is 69.7 Å². The lowest BCUT2D eigenvalue weighted by Gasteiger charge is -2.25. The standard InChI is InChI=1S/C28H32N8O2S2/c1-29-21-10-3-6-17(12-21)14-23(37)31-27-35-33-25(39-27)19-8-5-9-20(16-19)26-34-36-28(40-26)32-24(38)15-18-7-4-11-22(13-18)30-2/h3-4,6-7,10-13,19-20,29-30H,5,8-9,14-16H2,1-2H3,(H,31,35,37)(H,32,36,38)/t19-,20-/m0/s1. The van der Waals surface area contributed by atoms with E-state index in [0.717, 1.165) is 58.2 Å². The van der Waals surface area contributed by atoms with Crippen LogP contribution in [-0.4, -0.2) is 46.3 Å². The molecule has 2 atom stereocenters. The second-order valence-electron chi connectivity index (χ2n) is 9.80. The van der Waals surface area contributed by atoms with Crippen molar-refractivity contribution in [2.24, 2.45) is 0 Å². The summed E-state index contributed by atoms with van der Waals surface area (Å²) in [5.41, 5.74) is 3.80. The molecule has 0 unspecified atom stereocenters. The summed E-state index contributed by atoms with van der Waals surface area (Å²) in [6, 6.07) is 15.6. The van der Waals surface area contributed by atoms with Crippen LogP contribution in [0.4, 0.5) is 21.6 Å². The summed E-state index contributed by atoms with van der Waals surface area (Å²) in [5, 5.41) is 32.1. The fraction of sp³-hybridized carbons (Fsp3) is 0.357. The number of nitrogens with zero attached hydrogens (tertiary/aromatic N) is 4. The predicted molar refractivity (Wildman–Crippen MR) is 160 cm³/mol. The monoisotopic (exact) mass is 576 g/mol. The van der Waals surface area contributed by atoms with Crippen molar-refractivity contribution < 1.29 is 9.59 Å². The second kappa shape index (κ2) is 13.0. The van der Waals surface area contributed by atoms with Crippen LogP contribution >= 0.6 is 22.7 Å². The summed E-state index contributed by atoms with van der Waals surface area (Å²) in [6.07, 6.45) is 4.51. The van der Waals surface area contributed by atoms with Crippen molar-refractivity contribution in [1.29, 1.82) is 0 Å². The normalized spacial score (nSPS) is 16.8. The van der Waals surface area contributed by atoms with E-state index < -0.39 is 0 Å². The molecule has 40 heavy (non-hydrogen) atoms. The summed E-state index contributed by atoms with van der Waals surface area (Å²) in [6.45, 7) is 0. The van der Waals surface area contributed by atoms with Gasteiger partial charge in [0.05, 0.1) is 12.8 Å². The number of anilines is 4. The third-order valence-corrected chi connectivity index (χ3v) is 8.91. The van der Waals surface area contributed by atoms with Gasteiger partial charge < -0.3 is 21.3 Å². The first kappa shape index (κ1) is 27.7. The molecular weight excluding hydrogens is 544 g/mol. The fourth-order valence-electron chi connectivity index (χ4n) is 4.91. The van der Waals surface area contributed by atoms with Gasteiger partial charge >= 0.3 is 0 Å². The maximum absolute atomic E-state index is 12.6.